The number of furan rings is 1. The third-order valence-electron chi connectivity index (χ3n) is 4.01. The summed E-state index contributed by atoms with van der Waals surface area (Å²) in [7, 11) is 0. The smallest absolute Gasteiger partial charge is 0.347 e. The van der Waals surface area contributed by atoms with Crippen LogP contribution in [0.4, 0.5) is 5.69 Å². The van der Waals surface area contributed by atoms with Gasteiger partial charge in [-0.05, 0) is 43.3 Å². The third-order valence-corrected chi connectivity index (χ3v) is 4.01. The standard InChI is InChI=1S/C20H14N2O4/c1-12-15(9-10-25-12)18(23)21-14-6-4-5-13(11-14)19-22-17-8-3-2-7-16(17)20(24)26-19/h2-11H,1H3,(H,21,23). The van der Waals surface area contributed by atoms with Gasteiger partial charge in [0.15, 0.2) is 0 Å². The molecule has 0 aliphatic carbocycles. The highest BCUT2D eigenvalue weighted by Gasteiger charge is 2.13. The number of aromatic nitrogens is 1. The minimum atomic E-state index is -0.450. The highest BCUT2D eigenvalue weighted by Crippen LogP contribution is 2.22. The lowest BCUT2D eigenvalue weighted by molar-refractivity contribution is 0.102. The van der Waals surface area contributed by atoms with E-state index in [1.54, 1.807) is 55.5 Å². The van der Waals surface area contributed by atoms with Gasteiger partial charge in [-0.3, -0.25) is 4.79 Å². The van der Waals surface area contributed by atoms with Crippen molar-refractivity contribution in [1.82, 2.24) is 4.98 Å². The molecule has 0 saturated carbocycles. The number of rotatable bonds is 3. The molecule has 6 heteroatoms. The highest BCUT2D eigenvalue weighted by molar-refractivity contribution is 6.05. The van der Waals surface area contributed by atoms with Crippen LogP contribution in [-0.4, -0.2) is 10.9 Å². The molecule has 0 bridgehead atoms. The van der Waals surface area contributed by atoms with Gasteiger partial charge in [0.05, 0.1) is 22.7 Å². The number of anilines is 1. The topological polar surface area (TPSA) is 85.3 Å². The Morgan fingerprint density at radius 1 is 1.08 bits per heavy atom. The Morgan fingerprint density at radius 3 is 2.73 bits per heavy atom. The first-order valence-corrected chi connectivity index (χ1v) is 7.97. The molecular formula is C20H14N2O4. The maximum Gasteiger partial charge on any atom is 0.347 e. The Labute approximate surface area is 148 Å². The van der Waals surface area contributed by atoms with E-state index in [0.717, 1.165) is 0 Å². The van der Waals surface area contributed by atoms with Gasteiger partial charge in [0.25, 0.3) is 5.91 Å². The molecule has 0 spiro atoms. The third kappa shape index (κ3) is 2.88. The Bertz CT molecular complexity index is 1170. The number of aryl methyl sites for hydroxylation is 1. The first kappa shape index (κ1) is 15.8. The SMILES string of the molecule is Cc1occc1C(=O)Nc1cccc(-c2nc3ccccc3c(=O)o2)c1. The molecule has 0 fully saturated rings. The molecule has 2 aromatic heterocycles. The minimum Gasteiger partial charge on any atom is -0.469 e. The normalized spacial score (nSPS) is 10.8. The summed E-state index contributed by atoms with van der Waals surface area (Å²) < 4.78 is 10.5. The van der Waals surface area contributed by atoms with Gasteiger partial charge in [-0.15, -0.1) is 0 Å². The van der Waals surface area contributed by atoms with Gasteiger partial charge in [-0.25, -0.2) is 9.78 Å². The predicted molar refractivity (Wildman–Crippen MR) is 97.1 cm³/mol. The fourth-order valence-electron chi connectivity index (χ4n) is 2.69. The van der Waals surface area contributed by atoms with Crippen LogP contribution in [-0.2, 0) is 0 Å². The van der Waals surface area contributed by atoms with Crippen LogP contribution < -0.4 is 10.9 Å². The summed E-state index contributed by atoms with van der Waals surface area (Å²) in [6.07, 6.45) is 1.47. The van der Waals surface area contributed by atoms with Crippen LogP contribution in [0.15, 0.2) is 74.5 Å². The van der Waals surface area contributed by atoms with Gasteiger partial charge >= 0.3 is 5.63 Å². The van der Waals surface area contributed by atoms with E-state index in [1.807, 2.05) is 6.07 Å². The molecule has 0 saturated heterocycles. The predicted octanol–water partition coefficient (Wildman–Crippen LogP) is 4.01. The lowest BCUT2D eigenvalue weighted by atomic mass is 10.1. The molecule has 2 aromatic carbocycles. The second-order valence-electron chi connectivity index (χ2n) is 5.75. The zero-order valence-corrected chi connectivity index (χ0v) is 13.9. The molecule has 0 aliphatic heterocycles. The first-order chi connectivity index (χ1) is 12.6. The van der Waals surface area contributed by atoms with E-state index >= 15 is 0 Å². The number of hydrogen-bond acceptors (Lipinski definition) is 5. The highest BCUT2D eigenvalue weighted by atomic mass is 16.4. The van der Waals surface area contributed by atoms with Crippen LogP contribution in [0, 0.1) is 6.92 Å². The van der Waals surface area contributed by atoms with Gasteiger partial charge in [0.2, 0.25) is 5.89 Å². The molecule has 0 aliphatic rings. The molecule has 0 atom stereocenters. The number of benzene rings is 2. The van der Waals surface area contributed by atoms with E-state index in [0.29, 0.717) is 33.5 Å². The molecular weight excluding hydrogens is 332 g/mol. The van der Waals surface area contributed by atoms with Crippen molar-refractivity contribution in [3.63, 3.8) is 0 Å². The van der Waals surface area contributed by atoms with E-state index in [4.69, 9.17) is 8.83 Å². The second-order valence-corrected chi connectivity index (χ2v) is 5.75. The summed E-state index contributed by atoms with van der Waals surface area (Å²) in [5.41, 5.74) is 1.72. The molecule has 4 aromatic rings. The Balaban J connectivity index is 1.69. The number of amides is 1. The van der Waals surface area contributed by atoms with Gasteiger partial charge < -0.3 is 14.2 Å². The van der Waals surface area contributed by atoms with Crippen LogP contribution in [0.1, 0.15) is 16.1 Å². The summed E-state index contributed by atoms with van der Waals surface area (Å²) in [5, 5.41) is 3.23. The van der Waals surface area contributed by atoms with Crippen LogP contribution in [0.3, 0.4) is 0 Å². The number of carbonyl (C=O) groups is 1. The number of hydrogen-bond donors (Lipinski definition) is 1. The molecule has 6 nitrogen and oxygen atoms in total. The van der Waals surface area contributed by atoms with Crippen molar-refractivity contribution in [3.8, 4) is 11.5 Å². The summed E-state index contributed by atoms with van der Waals surface area (Å²) >= 11 is 0. The molecule has 1 N–H and O–H groups in total. The van der Waals surface area contributed by atoms with Crippen LogP contribution in [0.2, 0.25) is 0 Å². The summed E-state index contributed by atoms with van der Waals surface area (Å²) in [4.78, 5) is 28.9. The van der Waals surface area contributed by atoms with Gasteiger partial charge in [0.1, 0.15) is 5.76 Å². The van der Waals surface area contributed by atoms with Crippen molar-refractivity contribution in [2.75, 3.05) is 5.32 Å². The summed E-state index contributed by atoms with van der Waals surface area (Å²) in [5.74, 6) is 0.464. The first-order valence-electron chi connectivity index (χ1n) is 7.97. The van der Waals surface area contributed by atoms with Gasteiger partial charge in [-0.2, -0.15) is 0 Å². The minimum absolute atomic E-state index is 0.198. The fourth-order valence-corrected chi connectivity index (χ4v) is 2.69. The maximum absolute atomic E-state index is 12.3. The van der Waals surface area contributed by atoms with E-state index in [9.17, 15) is 9.59 Å². The Kier molecular flexibility index (Phi) is 3.85. The molecule has 0 unspecified atom stereocenters. The average molecular weight is 346 g/mol. The van der Waals surface area contributed by atoms with E-state index < -0.39 is 5.63 Å². The lowest BCUT2D eigenvalue weighted by Gasteiger charge is -2.07. The van der Waals surface area contributed by atoms with E-state index in [1.165, 1.54) is 6.26 Å². The molecule has 1 amide bonds. The zero-order valence-electron chi connectivity index (χ0n) is 13.9. The average Bonchev–Trinajstić information content (AvgIpc) is 3.08. The van der Waals surface area contributed by atoms with Crippen molar-refractivity contribution < 1.29 is 13.6 Å². The summed E-state index contributed by atoms with van der Waals surface area (Å²) in [6, 6.07) is 15.6. The Morgan fingerprint density at radius 2 is 1.92 bits per heavy atom. The van der Waals surface area contributed by atoms with Crippen molar-refractivity contribution >= 4 is 22.5 Å². The van der Waals surface area contributed by atoms with Crippen LogP contribution >= 0.6 is 0 Å². The van der Waals surface area contributed by atoms with Crippen molar-refractivity contribution in [2.24, 2.45) is 0 Å². The monoisotopic (exact) mass is 346 g/mol. The number of nitrogens with zero attached hydrogens (tertiary/aromatic N) is 1. The van der Waals surface area contributed by atoms with Crippen molar-refractivity contribution in [2.45, 2.75) is 6.92 Å². The number of carbonyl (C=O) groups excluding carboxylic acids is 1. The van der Waals surface area contributed by atoms with E-state index in [-0.39, 0.29) is 11.8 Å². The van der Waals surface area contributed by atoms with Crippen molar-refractivity contribution in [3.05, 3.63) is 82.6 Å². The second kappa shape index (κ2) is 6.33. The number of nitrogens with one attached hydrogen (secondary N) is 1. The molecule has 0 radical (unpaired) electrons. The number of para-hydroxylation sites is 1. The Hall–Kier alpha value is -3.67. The largest absolute Gasteiger partial charge is 0.469 e. The number of fused-ring (bicyclic) bond motifs is 1. The molecule has 128 valence electrons. The van der Waals surface area contributed by atoms with Gasteiger partial charge in [0, 0.05) is 11.3 Å². The zero-order chi connectivity index (χ0) is 18.1. The quantitative estimate of drug-likeness (QED) is 0.606. The van der Waals surface area contributed by atoms with Crippen LogP contribution in [0.25, 0.3) is 22.4 Å². The maximum atomic E-state index is 12.3. The van der Waals surface area contributed by atoms with E-state index in [2.05, 4.69) is 10.3 Å². The molecule has 26 heavy (non-hydrogen) atoms. The lowest BCUT2D eigenvalue weighted by Crippen LogP contribution is -2.12. The van der Waals surface area contributed by atoms with Crippen molar-refractivity contribution in [1.29, 1.82) is 0 Å². The van der Waals surface area contributed by atoms with Crippen LogP contribution in [0.5, 0.6) is 0 Å². The van der Waals surface area contributed by atoms with Gasteiger partial charge in [-0.1, -0.05) is 18.2 Å². The molecule has 2 heterocycles. The fraction of sp³-hybridized carbons (Fsp3) is 0.0500. The summed E-state index contributed by atoms with van der Waals surface area (Å²) in [6.45, 7) is 1.72. The molecule has 4 rings (SSSR count).